The molecule has 0 aromatic carbocycles. The molecule has 0 saturated heterocycles. The zero-order valence-corrected chi connectivity index (χ0v) is 23.1. The topological polar surface area (TPSA) is 125 Å². The van der Waals surface area contributed by atoms with Gasteiger partial charge in [-0.3, -0.25) is 19.2 Å². The molecule has 1 N–H and O–H groups in total. The number of carbonyl (C=O) groups is 4. The minimum Gasteiger partial charge on any atom is -0.458 e. The van der Waals surface area contributed by atoms with E-state index in [0.29, 0.717) is 36.0 Å². The Hall–Kier alpha value is -2.68. The lowest BCUT2D eigenvalue weighted by molar-refractivity contribution is -0.198. The van der Waals surface area contributed by atoms with Crippen LogP contribution < -0.4 is 0 Å². The van der Waals surface area contributed by atoms with Crippen LogP contribution in [0.15, 0.2) is 23.3 Å². The summed E-state index contributed by atoms with van der Waals surface area (Å²) in [4.78, 5) is 48.7. The number of fused-ring (bicyclic) bond motifs is 3. The normalized spacial score (nSPS) is 36.9. The standard InChI is InChI=1S/C28H40O9/c1-13-20(34-15(3)29)10-11-28(9)22(13)24(33)19-12-21(35-16(4)30)14(2)23(27(19,7)8)25(36-17(5)31)26(28)37-18(6)32/h19-22,24-26,33H,1,10-12H2,2-9H3/t19-,20-,21-,22-,24+,25+,26-,28+/m0/s1. The number of esters is 4. The van der Waals surface area contributed by atoms with Crippen molar-refractivity contribution in [2.75, 3.05) is 0 Å². The van der Waals surface area contributed by atoms with Gasteiger partial charge in [0.25, 0.3) is 0 Å². The fourth-order valence-corrected chi connectivity index (χ4v) is 7.15. The molecule has 0 spiro atoms. The maximum Gasteiger partial charge on any atom is 0.303 e. The van der Waals surface area contributed by atoms with Gasteiger partial charge in [0.15, 0.2) is 6.10 Å². The highest BCUT2D eigenvalue weighted by molar-refractivity contribution is 5.69. The molecule has 2 fully saturated rings. The van der Waals surface area contributed by atoms with E-state index in [0.717, 1.165) is 0 Å². The molecule has 3 aliphatic rings. The van der Waals surface area contributed by atoms with Gasteiger partial charge in [-0.15, -0.1) is 0 Å². The molecular weight excluding hydrogens is 480 g/mol. The SMILES string of the molecule is C=C1[C@@H](OC(C)=O)CC[C@@]2(C)[C@@H](OC(C)=O)[C@H](OC(C)=O)C3=C(C)[C@@H](OC(C)=O)C[C@@H]([C@@H](O)[C@H]12)C3(C)C. The van der Waals surface area contributed by atoms with Crippen LogP contribution in [0.1, 0.15) is 74.7 Å². The van der Waals surface area contributed by atoms with Gasteiger partial charge in [-0.1, -0.05) is 27.4 Å². The maximum absolute atomic E-state index is 12.5. The van der Waals surface area contributed by atoms with Gasteiger partial charge >= 0.3 is 23.9 Å². The van der Waals surface area contributed by atoms with E-state index in [2.05, 4.69) is 6.58 Å². The number of hydrogen-bond acceptors (Lipinski definition) is 9. The summed E-state index contributed by atoms with van der Waals surface area (Å²) in [6, 6.07) is 0. The van der Waals surface area contributed by atoms with E-state index in [1.165, 1.54) is 27.7 Å². The van der Waals surface area contributed by atoms with Crippen molar-refractivity contribution < 1.29 is 43.2 Å². The van der Waals surface area contributed by atoms with E-state index < -0.39 is 77.1 Å². The quantitative estimate of drug-likeness (QED) is 0.337. The summed E-state index contributed by atoms with van der Waals surface area (Å²) in [5, 5.41) is 12.1. The van der Waals surface area contributed by atoms with Gasteiger partial charge in [-0.05, 0) is 54.2 Å². The molecule has 8 atom stereocenters. The molecule has 0 amide bonds. The zero-order chi connectivity index (χ0) is 28.0. The maximum atomic E-state index is 12.5. The average molecular weight is 521 g/mol. The van der Waals surface area contributed by atoms with Crippen LogP contribution in [0.5, 0.6) is 0 Å². The van der Waals surface area contributed by atoms with E-state index in [4.69, 9.17) is 18.9 Å². The van der Waals surface area contributed by atoms with Gasteiger partial charge in [0.05, 0.1) is 6.10 Å². The number of carbonyl (C=O) groups excluding carboxylic acids is 4. The largest absolute Gasteiger partial charge is 0.458 e. The van der Waals surface area contributed by atoms with Crippen LogP contribution in [0.25, 0.3) is 0 Å². The lowest BCUT2D eigenvalue weighted by Gasteiger charge is -2.59. The number of ether oxygens (including phenoxy) is 4. The van der Waals surface area contributed by atoms with Gasteiger partial charge in [0.2, 0.25) is 0 Å². The molecule has 0 aromatic heterocycles. The lowest BCUT2D eigenvalue weighted by atomic mass is 9.49. The second kappa shape index (κ2) is 10.2. The summed E-state index contributed by atoms with van der Waals surface area (Å²) in [5.41, 5.74) is 0.247. The Morgan fingerprint density at radius 3 is 1.89 bits per heavy atom. The van der Waals surface area contributed by atoms with Crippen LogP contribution in [0, 0.1) is 22.7 Å². The predicted octanol–water partition coefficient (Wildman–Crippen LogP) is 3.42. The third-order valence-corrected chi connectivity index (χ3v) is 8.63. The van der Waals surface area contributed by atoms with Crippen molar-refractivity contribution in [3.63, 3.8) is 0 Å². The Labute approximate surface area is 218 Å². The highest BCUT2D eigenvalue weighted by atomic mass is 16.6. The van der Waals surface area contributed by atoms with Gasteiger partial charge < -0.3 is 24.1 Å². The van der Waals surface area contributed by atoms with Gasteiger partial charge in [0, 0.05) is 39.0 Å². The Morgan fingerprint density at radius 2 is 1.38 bits per heavy atom. The van der Waals surface area contributed by atoms with E-state index in [1.54, 1.807) is 0 Å². The Morgan fingerprint density at radius 1 is 0.865 bits per heavy atom. The Kier molecular flexibility index (Phi) is 7.99. The summed E-state index contributed by atoms with van der Waals surface area (Å²) in [6.45, 7) is 17.1. The Balaban J connectivity index is 2.33. The van der Waals surface area contributed by atoms with E-state index in [9.17, 15) is 24.3 Å². The van der Waals surface area contributed by atoms with Gasteiger partial charge in [-0.2, -0.15) is 0 Å². The fraction of sp³-hybridized carbons (Fsp3) is 0.714. The van der Waals surface area contributed by atoms with Gasteiger partial charge in [-0.25, -0.2) is 0 Å². The second-order valence-electron chi connectivity index (χ2n) is 11.5. The lowest BCUT2D eigenvalue weighted by Crippen LogP contribution is -2.63. The highest BCUT2D eigenvalue weighted by Gasteiger charge is 2.63. The van der Waals surface area contributed by atoms with Crippen molar-refractivity contribution in [2.24, 2.45) is 22.7 Å². The third-order valence-electron chi connectivity index (χ3n) is 8.63. The zero-order valence-electron chi connectivity index (χ0n) is 23.1. The van der Waals surface area contributed by atoms with Crippen molar-refractivity contribution >= 4 is 23.9 Å². The molecule has 9 nitrogen and oxygen atoms in total. The monoisotopic (exact) mass is 520 g/mol. The third kappa shape index (κ3) is 5.19. The molecule has 206 valence electrons. The van der Waals surface area contributed by atoms with Crippen molar-refractivity contribution in [1.29, 1.82) is 0 Å². The van der Waals surface area contributed by atoms with E-state index in [-0.39, 0.29) is 0 Å². The molecule has 0 aliphatic heterocycles. The first-order chi connectivity index (χ1) is 17.0. The fourth-order valence-electron chi connectivity index (χ4n) is 7.15. The second-order valence-corrected chi connectivity index (χ2v) is 11.5. The average Bonchev–Trinajstić information content (AvgIpc) is 2.73. The first kappa shape index (κ1) is 28.9. The molecular formula is C28H40O9. The van der Waals surface area contributed by atoms with Crippen LogP contribution >= 0.6 is 0 Å². The van der Waals surface area contributed by atoms with Crippen molar-refractivity contribution in [3.05, 3.63) is 23.3 Å². The molecule has 2 saturated carbocycles. The van der Waals surface area contributed by atoms with Crippen molar-refractivity contribution in [1.82, 2.24) is 0 Å². The summed E-state index contributed by atoms with van der Waals surface area (Å²) >= 11 is 0. The van der Waals surface area contributed by atoms with E-state index >= 15 is 0 Å². The number of aliphatic hydroxyl groups is 1. The molecule has 2 bridgehead atoms. The first-order valence-electron chi connectivity index (χ1n) is 12.8. The molecule has 0 aromatic rings. The number of hydrogen-bond donors (Lipinski definition) is 1. The molecule has 0 unspecified atom stereocenters. The summed E-state index contributed by atoms with van der Waals surface area (Å²) in [7, 11) is 0. The van der Waals surface area contributed by atoms with Crippen LogP contribution in [0.3, 0.4) is 0 Å². The van der Waals surface area contributed by atoms with Crippen LogP contribution in [-0.2, 0) is 38.1 Å². The minimum atomic E-state index is -1.01. The summed E-state index contributed by atoms with van der Waals surface area (Å²) < 4.78 is 23.1. The Bertz CT molecular complexity index is 1020. The number of aliphatic hydroxyl groups excluding tert-OH is 1. The number of rotatable bonds is 4. The van der Waals surface area contributed by atoms with Gasteiger partial charge in [0.1, 0.15) is 18.3 Å². The minimum absolute atomic E-state index is 0.339. The van der Waals surface area contributed by atoms with Crippen molar-refractivity contribution in [3.8, 4) is 0 Å². The van der Waals surface area contributed by atoms with Crippen LogP contribution in [-0.4, -0.2) is 59.5 Å². The molecule has 0 heterocycles. The molecule has 3 aliphatic carbocycles. The molecule has 9 heteroatoms. The highest BCUT2D eigenvalue weighted by Crippen LogP contribution is 2.60. The van der Waals surface area contributed by atoms with Crippen molar-refractivity contribution in [2.45, 2.75) is 105 Å². The summed E-state index contributed by atoms with van der Waals surface area (Å²) in [6.07, 6.45) is -3.11. The smallest absolute Gasteiger partial charge is 0.303 e. The van der Waals surface area contributed by atoms with E-state index in [1.807, 2.05) is 27.7 Å². The van der Waals surface area contributed by atoms with Crippen LogP contribution in [0.4, 0.5) is 0 Å². The summed E-state index contributed by atoms with van der Waals surface area (Å²) in [5.74, 6) is -3.17. The molecule has 0 radical (unpaired) electrons. The van der Waals surface area contributed by atoms with Crippen LogP contribution in [0.2, 0.25) is 0 Å². The first-order valence-corrected chi connectivity index (χ1v) is 12.8. The molecule has 3 rings (SSSR count). The predicted molar refractivity (Wildman–Crippen MR) is 133 cm³/mol. The molecule has 37 heavy (non-hydrogen) atoms.